The molecule has 27 heavy (non-hydrogen) atoms. The summed E-state index contributed by atoms with van der Waals surface area (Å²) in [5, 5.41) is 2.96. The van der Waals surface area contributed by atoms with Crippen LogP contribution >= 0.6 is 11.8 Å². The van der Waals surface area contributed by atoms with Crippen molar-refractivity contribution < 1.29 is 9.59 Å². The lowest BCUT2D eigenvalue weighted by Gasteiger charge is -2.38. The average molecular weight is 386 g/mol. The molecule has 1 N–H and O–H groups in total. The molecule has 1 aliphatic carbocycles. The highest BCUT2D eigenvalue weighted by Crippen LogP contribution is 2.44. The van der Waals surface area contributed by atoms with Gasteiger partial charge >= 0.3 is 0 Å². The van der Waals surface area contributed by atoms with Gasteiger partial charge in [0.1, 0.15) is 0 Å². The molecule has 2 rings (SSSR count). The molecule has 4 heteroatoms. The van der Waals surface area contributed by atoms with Gasteiger partial charge in [0.25, 0.3) is 5.12 Å². The summed E-state index contributed by atoms with van der Waals surface area (Å²) >= 11 is 1.08. The Morgan fingerprint density at radius 2 is 1.81 bits per heavy atom. The summed E-state index contributed by atoms with van der Waals surface area (Å²) in [5.41, 5.74) is 0.438. The number of anilines is 1. The highest BCUT2D eigenvalue weighted by molar-refractivity contribution is 8.14. The fourth-order valence-electron chi connectivity index (χ4n) is 4.02. The van der Waals surface area contributed by atoms with Gasteiger partial charge in [0.05, 0.1) is 5.69 Å². The second kappa shape index (κ2) is 10.6. The Morgan fingerprint density at radius 3 is 2.44 bits per heavy atom. The summed E-state index contributed by atoms with van der Waals surface area (Å²) in [4.78, 5) is 26.1. The molecule has 0 heterocycles. The summed E-state index contributed by atoms with van der Waals surface area (Å²) < 4.78 is 0. The molecule has 0 bridgehead atoms. The second-order valence-electron chi connectivity index (χ2n) is 7.44. The topological polar surface area (TPSA) is 46.2 Å². The van der Waals surface area contributed by atoms with E-state index in [1.54, 1.807) is 6.92 Å². The van der Waals surface area contributed by atoms with Gasteiger partial charge in [-0.25, -0.2) is 0 Å². The molecule has 1 aromatic rings. The summed E-state index contributed by atoms with van der Waals surface area (Å²) in [6.07, 6.45) is 8.57. The van der Waals surface area contributed by atoms with Crippen LogP contribution in [-0.4, -0.2) is 11.0 Å². The molecular formula is C23H31NO2S. The predicted octanol–water partition coefficient (Wildman–Crippen LogP) is 6.04. The van der Waals surface area contributed by atoms with E-state index < -0.39 is 0 Å². The molecule has 1 saturated carbocycles. The lowest BCUT2D eigenvalue weighted by molar-refractivity contribution is -0.128. The molecular weight excluding hydrogens is 354 g/mol. The van der Waals surface area contributed by atoms with Crippen molar-refractivity contribution in [1.29, 1.82) is 0 Å². The van der Waals surface area contributed by atoms with E-state index in [-0.39, 0.29) is 16.4 Å². The number of para-hydroxylation sites is 1. The normalized spacial score (nSPS) is 15.7. The predicted molar refractivity (Wildman–Crippen MR) is 114 cm³/mol. The van der Waals surface area contributed by atoms with Gasteiger partial charge in [0.15, 0.2) is 0 Å². The number of nitrogens with one attached hydrogen (secondary N) is 1. The van der Waals surface area contributed by atoms with Gasteiger partial charge in [0.2, 0.25) is 5.91 Å². The molecule has 0 radical (unpaired) electrons. The molecule has 0 atom stereocenters. The monoisotopic (exact) mass is 385 g/mol. The van der Waals surface area contributed by atoms with Gasteiger partial charge in [-0.2, -0.15) is 0 Å². The fourth-order valence-corrected chi connectivity index (χ4v) is 4.75. The zero-order chi connectivity index (χ0) is 19.7. The number of amides is 1. The zero-order valence-corrected chi connectivity index (χ0v) is 17.6. The quantitative estimate of drug-likeness (QED) is 0.459. The first-order valence-corrected chi connectivity index (χ1v) is 10.9. The van der Waals surface area contributed by atoms with Crippen LogP contribution in [-0.2, 0) is 9.59 Å². The average Bonchev–Trinajstić information content (AvgIpc) is 2.68. The molecule has 0 aliphatic heterocycles. The number of carbonyl (C=O) groups excluding carboxylic acids is 2. The van der Waals surface area contributed by atoms with Crippen LogP contribution in [0.2, 0.25) is 0 Å². The van der Waals surface area contributed by atoms with Crippen molar-refractivity contribution in [2.45, 2.75) is 77.0 Å². The summed E-state index contributed by atoms with van der Waals surface area (Å²) in [6.45, 7) is 6.08. The van der Waals surface area contributed by atoms with E-state index in [0.717, 1.165) is 61.6 Å². The molecule has 3 nitrogen and oxygen atoms in total. The van der Waals surface area contributed by atoms with Crippen LogP contribution < -0.4 is 5.32 Å². The third-order valence-corrected chi connectivity index (χ3v) is 6.55. The van der Waals surface area contributed by atoms with Crippen molar-refractivity contribution >= 4 is 28.5 Å². The summed E-state index contributed by atoms with van der Waals surface area (Å²) in [6, 6.07) is 7.51. The Morgan fingerprint density at radius 1 is 1.15 bits per heavy atom. The maximum absolute atomic E-state index is 13.4. The van der Waals surface area contributed by atoms with E-state index in [2.05, 4.69) is 31.0 Å². The van der Waals surface area contributed by atoms with Crippen LogP contribution in [0.4, 0.5) is 5.69 Å². The molecule has 0 aromatic heterocycles. The minimum absolute atomic E-state index is 0.121. The van der Waals surface area contributed by atoms with Crippen molar-refractivity contribution in [2.24, 2.45) is 11.3 Å². The minimum Gasteiger partial charge on any atom is -0.325 e. The minimum atomic E-state index is -0.278. The van der Waals surface area contributed by atoms with Crippen molar-refractivity contribution in [3.63, 3.8) is 0 Å². The summed E-state index contributed by atoms with van der Waals surface area (Å²) in [7, 11) is 0. The largest absolute Gasteiger partial charge is 0.325 e. The zero-order valence-electron chi connectivity index (χ0n) is 16.8. The number of thioether (sulfide) groups is 1. The third kappa shape index (κ3) is 5.87. The highest BCUT2D eigenvalue weighted by atomic mass is 32.2. The Bertz CT molecular complexity index is 707. The smallest absolute Gasteiger partial charge is 0.267 e. The first-order valence-electron chi connectivity index (χ1n) is 10.1. The van der Waals surface area contributed by atoms with E-state index in [9.17, 15) is 9.59 Å². The van der Waals surface area contributed by atoms with E-state index >= 15 is 0 Å². The number of hydrogen-bond donors (Lipinski definition) is 1. The van der Waals surface area contributed by atoms with Crippen LogP contribution in [0.1, 0.15) is 72.1 Å². The molecule has 1 aliphatic rings. The standard InChI is InChI=1S/C23H31NO2S/c1-4-12-21(25)27-20-14-9-8-13-19(20)24-22(26)23(15-10-7-11-16-23)17-18(5-2)6-3/h8-9,13-14,18H,5-7,10-11,15-17H2,1-3H3,(H,24,26). The van der Waals surface area contributed by atoms with Crippen molar-refractivity contribution in [2.75, 3.05) is 5.32 Å². The summed E-state index contributed by atoms with van der Waals surface area (Å²) in [5.74, 6) is 5.89. The third-order valence-electron chi connectivity index (χ3n) is 5.69. The number of hydrogen-bond acceptors (Lipinski definition) is 3. The van der Waals surface area contributed by atoms with Crippen LogP contribution in [0.5, 0.6) is 0 Å². The Kier molecular flexibility index (Phi) is 8.44. The molecule has 0 saturated heterocycles. The van der Waals surface area contributed by atoms with Gasteiger partial charge in [-0.1, -0.05) is 64.0 Å². The molecule has 0 unspecified atom stereocenters. The lowest BCUT2D eigenvalue weighted by atomic mass is 9.67. The molecule has 0 spiro atoms. The van der Waals surface area contributed by atoms with Crippen molar-refractivity contribution in [3.05, 3.63) is 24.3 Å². The van der Waals surface area contributed by atoms with Gasteiger partial charge in [0, 0.05) is 10.3 Å². The maximum atomic E-state index is 13.4. The van der Waals surface area contributed by atoms with Crippen LogP contribution in [0.3, 0.4) is 0 Å². The van der Waals surface area contributed by atoms with Gasteiger partial charge in [-0.05, 0) is 61.9 Å². The van der Waals surface area contributed by atoms with Crippen LogP contribution in [0, 0.1) is 23.2 Å². The molecule has 1 amide bonds. The SMILES string of the molecule is CC#CC(=O)Sc1ccccc1NC(=O)C1(CC(CC)CC)CCCCC1. The van der Waals surface area contributed by atoms with Gasteiger partial charge in [-0.15, -0.1) is 0 Å². The van der Waals surface area contributed by atoms with Crippen molar-refractivity contribution in [3.8, 4) is 11.8 Å². The molecule has 1 aromatic carbocycles. The number of rotatable bonds is 7. The van der Waals surface area contributed by atoms with E-state index in [0.29, 0.717) is 11.6 Å². The fraction of sp³-hybridized carbons (Fsp3) is 0.565. The Hall–Kier alpha value is -1.73. The van der Waals surface area contributed by atoms with Crippen LogP contribution in [0.15, 0.2) is 29.2 Å². The number of benzene rings is 1. The van der Waals surface area contributed by atoms with Crippen molar-refractivity contribution in [1.82, 2.24) is 0 Å². The van der Waals surface area contributed by atoms with E-state index in [1.807, 2.05) is 24.3 Å². The molecule has 146 valence electrons. The highest BCUT2D eigenvalue weighted by Gasteiger charge is 2.40. The van der Waals surface area contributed by atoms with E-state index in [1.165, 1.54) is 6.42 Å². The maximum Gasteiger partial charge on any atom is 0.267 e. The lowest BCUT2D eigenvalue weighted by Crippen LogP contribution is -2.39. The molecule has 1 fully saturated rings. The second-order valence-corrected chi connectivity index (χ2v) is 8.46. The first kappa shape index (κ1) is 21.6. The van der Waals surface area contributed by atoms with E-state index in [4.69, 9.17) is 0 Å². The van der Waals surface area contributed by atoms with Gasteiger partial charge in [-0.3, -0.25) is 9.59 Å². The van der Waals surface area contributed by atoms with Gasteiger partial charge < -0.3 is 5.32 Å². The first-order chi connectivity index (χ1) is 13.0. The Labute approximate surface area is 168 Å². The Balaban J connectivity index is 2.22. The number of carbonyl (C=O) groups is 2. The van der Waals surface area contributed by atoms with Crippen LogP contribution in [0.25, 0.3) is 0 Å².